The van der Waals surface area contributed by atoms with Crippen LogP contribution in [0.15, 0.2) is 42.7 Å². The molecule has 2 aliphatic rings. The molecule has 156 valence electrons. The van der Waals surface area contributed by atoms with Crippen LogP contribution < -0.4 is 4.90 Å². The van der Waals surface area contributed by atoms with Gasteiger partial charge in [0.15, 0.2) is 0 Å². The molecular formula is C25H35N3O. The topological polar surface area (TPSA) is 39.6 Å². The van der Waals surface area contributed by atoms with E-state index in [1.54, 1.807) is 0 Å². The van der Waals surface area contributed by atoms with E-state index in [0.717, 1.165) is 36.4 Å². The largest absolute Gasteiger partial charge is 0.380 e. The summed E-state index contributed by atoms with van der Waals surface area (Å²) in [5.41, 5.74) is 2.97. The van der Waals surface area contributed by atoms with E-state index in [0.29, 0.717) is 12.0 Å². The van der Waals surface area contributed by atoms with E-state index in [4.69, 9.17) is 0 Å². The molecule has 4 nitrogen and oxygen atoms in total. The van der Waals surface area contributed by atoms with Gasteiger partial charge in [-0.25, -0.2) is 0 Å². The van der Waals surface area contributed by atoms with Crippen molar-refractivity contribution >= 4 is 5.69 Å². The molecule has 4 rings (SSSR count). The second-order valence-corrected chi connectivity index (χ2v) is 9.84. The minimum Gasteiger partial charge on any atom is -0.380 e. The van der Waals surface area contributed by atoms with Crippen LogP contribution in [0.25, 0.3) is 0 Å². The van der Waals surface area contributed by atoms with Gasteiger partial charge in [-0.2, -0.15) is 0 Å². The second kappa shape index (κ2) is 7.41. The number of benzene rings is 1. The van der Waals surface area contributed by atoms with Gasteiger partial charge in [-0.1, -0.05) is 45.0 Å². The van der Waals surface area contributed by atoms with Crippen molar-refractivity contribution in [3.05, 3.63) is 59.4 Å². The molecule has 1 aromatic carbocycles. The van der Waals surface area contributed by atoms with Crippen molar-refractivity contribution in [1.82, 2.24) is 9.88 Å². The number of aromatic nitrogens is 1. The predicted molar refractivity (Wildman–Crippen MR) is 119 cm³/mol. The number of rotatable bonds is 5. The first kappa shape index (κ1) is 20.4. The highest BCUT2D eigenvalue weighted by atomic mass is 16.3. The molecule has 2 unspecified atom stereocenters. The zero-order chi connectivity index (χ0) is 20.8. The molecule has 0 saturated carbocycles. The van der Waals surface area contributed by atoms with Crippen molar-refractivity contribution in [3.8, 4) is 0 Å². The van der Waals surface area contributed by atoms with Crippen molar-refractivity contribution in [3.63, 3.8) is 0 Å². The summed E-state index contributed by atoms with van der Waals surface area (Å²) in [4.78, 5) is 9.27. The molecule has 2 saturated heterocycles. The molecule has 2 aliphatic heterocycles. The molecule has 4 heteroatoms. The van der Waals surface area contributed by atoms with Gasteiger partial charge in [0.05, 0.1) is 11.9 Å². The minimum absolute atomic E-state index is 0.252. The first-order valence-corrected chi connectivity index (χ1v) is 11.0. The van der Waals surface area contributed by atoms with Crippen LogP contribution in [0.1, 0.15) is 63.1 Å². The minimum atomic E-state index is -1.07. The summed E-state index contributed by atoms with van der Waals surface area (Å²) in [7, 11) is 2.12. The Balaban J connectivity index is 1.79. The van der Waals surface area contributed by atoms with Crippen LogP contribution in [0, 0.1) is 5.41 Å². The molecule has 0 bridgehead atoms. The van der Waals surface area contributed by atoms with Gasteiger partial charge in [0.2, 0.25) is 0 Å². The quantitative estimate of drug-likeness (QED) is 0.818. The van der Waals surface area contributed by atoms with E-state index in [1.807, 2.05) is 12.4 Å². The maximum absolute atomic E-state index is 12.3. The smallest absolute Gasteiger partial charge is 0.124 e. The fourth-order valence-electron chi connectivity index (χ4n) is 5.45. The Hall–Kier alpha value is -1.91. The lowest BCUT2D eigenvalue weighted by atomic mass is 9.62. The third-order valence-electron chi connectivity index (χ3n) is 7.13. The van der Waals surface area contributed by atoms with E-state index in [2.05, 4.69) is 79.9 Å². The molecule has 0 radical (unpaired) electrons. The fraction of sp³-hybridized carbons (Fsp3) is 0.560. The Morgan fingerprint density at radius 2 is 1.83 bits per heavy atom. The lowest BCUT2D eigenvalue weighted by Gasteiger charge is -2.56. The van der Waals surface area contributed by atoms with Crippen LogP contribution in [0.5, 0.6) is 0 Å². The first-order chi connectivity index (χ1) is 13.7. The fourth-order valence-corrected chi connectivity index (χ4v) is 5.45. The summed E-state index contributed by atoms with van der Waals surface area (Å²) in [6, 6.07) is 11.3. The summed E-state index contributed by atoms with van der Waals surface area (Å²) in [6.45, 7) is 11.7. The Labute approximate surface area is 175 Å². The van der Waals surface area contributed by atoms with Crippen molar-refractivity contribution < 1.29 is 5.11 Å². The number of hydrogen-bond donors (Lipinski definition) is 1. The third kappa shape index (κ3) is 3.36. The lowest BCUT2D eigenvalue weighted by Crippen LogP contribution is -2.63. The molecule has 2 fully saturated rings. The van der Waals surface area contributed by atoms with Crippen LogP contribution in [0.3, 0.4) is 0 Å². The van der Waals surface area contributed by atoms with Crippen LogP contribution in [-0.2, 0) is 5.60 Å². The number of pyridine rings is 1. The van der Waals surface area contributed by atoms with E-state index in [1.165, 1.54) is 18.4 Å². The van der Waals surface area contributed by atoms with Gasteiger partial charge >= 0.3 is 0 Å². The summed E-state index contributed by atoms with van der Waals surface area (Å²) in [5.74, 6) is 0.476. The Bertz CT molecular complexity index is 857. The van der Waals surface area contributed by atoms with Gasteiger partial charge in [-0.3, -0.25) is 4.98 Å². The van der Waals surface area contributed by atoms with Crippen molar-refractivity contribution in [2.45, 2.75) is 58.1 Å². The summed E-state index contributed by atoms with van der Waals surface area (Å²) >= 11 is 0. The highest BCUT2D eigenvalue weighted by Crippen LogP contribution is 2.50. The Morgan fingerprint density at radius 1 is 1.14 bits per heavy atom. The number of nitrogens with zero attached hydrogens (tertiary/aromatic N) is 3. The zero-order valence-corrected chi connectivity index (χ0v) is 18.5. The van der Waals surface area contributed by atoms with Gasteiger partial charge in [0.25, 0.3) is 0 Å². The molecule has 2 atom stereocenters. The number of aliphatic hydroxyl groups is 1. The number of anilines is 1. The van der Waals surface area contributed by atoms with Crippen molar-refractivity contribution in [2.24, 2.45) is 5.41 Å². The highest BCUT2D eigenvalue weighted by Gasteiger charge is 2.55. The van der Waals surface area contributed by atoms with Crippen molar-refractivity contribution in [2.75, 3.05) is 31.6 Å². The number of hydrogen-bond acceptors (Lipinski definition) is 4. The zero-order valence-electron chi connectivity index (χ0n) is 18.5. The van der Waals surface area contributed by atoms with Gasteiger partial charge in [0, 0.05) is 42.9 Å². The predicted octanol–water partition coefficient (Wildman–Crippen LogP) is 4.38. The Morgan fingerprint density at radius 3 is 2.38 bits per heavy atom. The van der Waals surface area contributed by atoms with Crippen LogP contribution in [0.4, 0.5) is 5.69 Å². The van der Waals surface area contributed by atoms with Gasteiger partial charge in [0.1, 0.15) is 5.60 Å². The first-order valence-electron chi connectivity index (χ1n) is 11.0. The van der Waals surface area contributed by atoms with Crippen LogP contribution >= 0.6 is 0 Å². The molecule has 0 aliphatic carbocycles. The molecule has 2 aromatic rings. The monoisotopic (exact) mass is 393 g/mol. The molecule has 0 spiro atoms. The van der Waals surface area contributed by atoms with Crippen LogP contribution in [-0.4, -0.2) is 47.7 Å². The van der Waals surface area contributed by atoms with E-state index < -0.39 is 5.60 Å². The maximum atomic E-state index is 12.3. The summed E-state index contributed by atoms with van der Waals surface area (Å²) < 4.78 is 0. The SMILES string of the molecule is CC(C)c1ccc(C(O)(c2cncc(N3CCCC3C)c2)C2(C)CN(C)C2)cc1. The third-order valence-corrected chi connectivity index (χ3v) is 7.13. The van der Waals surface area contributed by atoms with Gasteiger partial charge < -0.3 is 14.9 Å². The molecule has 0 amide bonds. The second-order valence-electron chi connectivity index (χ2n) is 9.84. The normalized spacial score (nSPS) is 23.8. The standard InChI is InChI=1S/C25H35N3O/c1-18(2)20-8-10-21(11-9-20)25(29,24(4)16-27(5)17-24)22-13-23(15-26-14-22)28-12-6-7-19(28)3/h8-11,13-15,18-19,29H,6-7,12,16-17H2,1-5H3. The molecule has 1 N–H and O–H groups in total. The molecule has 29 heavy (non-hydrogen) atoms. The van der Waals surface area contributed by atoms with Gasteiger partial charge in [-0.05, 0) is 49.9 Å². The Kier molecular flexibility index (Phi) is 5.20. The highest BCUT2D eigenvalue weighted by molar-refractivity contribution is 5.52. The van der Waals surface area contributed by atoms with E-state index >= 15 is 0 Å². The van der Waals surface area contributed by atoms with Crippen LogP contribution in [0.2, 0.25) is 0 Å². The average Bonchev–Trinajstić information content (AvgIpc) is 3.12. The summed E-state index contributed by atoms with van der Waals surface area (Å²) in [6.07, 6.45) is 6.25. The lowest BCUT2D eigenvalue weighted by molar-refractivity contribution is -0.127. The summed E-state index contributed by atoms with van der Waals surface area (Å²) in [5, 5.41) is 12.3. The molecular weight excluding hydrogens is 358 g/mol. The van der Waals surface area contributed by atoms with E-state index in [9.17, 15) is 5.11 Å². The molecule has 1 aromatic heterocycles. The van der Waals surface area contributed by atoms with Gasteiger partial charge in [-0.15, -0.1) is 0 Å². The maximum Gasteiger partial charge on any atom is 0.124 e. The average molecular weight is 394 g/mol. The van der Waals surface area contributed by atoms with Crippen molar-refractivity contribution in [1.29, 1.82) is 0 Å². The van der Waals surface area contributed by atoms with E-state index in [-0.39, 0.29) is 5.41 Å². The molecule has 3 heterocycles. The number of likely N-dealkylation sites (tertiary alicyclic amines) is 1.